The quantitative estimate of drug-likeness (QED) is 0.216. The van der Waals surface area contributed by atoms with Gasteiger partial charge >= 0.3 is 0 Å². The number of para-hydroxylation sites is 2. The van der Waals surface area contributed by atoms with Gasteiger partial charge in [0.2, 0.25) is 0 Å². The molecule has 182 valence electrons. The molecule has 0 aliphatic carbocycles. The number of nitrogens with zero attached hydrogens (tertiary/aromatic N) is 2. The second-order valence-electron chi connectivity index (χ2n) is 9.95. The molecule has 0 unspecified atom stereocenters. The Kier molecular flexibility index (Phi) is 4.39. The van der Waals surface area contributed by atoms with Crippen LogP contribution in [-0.2, 0) is 0 Å². The van der Waals surface area contributed by atoms with Gasteiger partial charge in [0.15, 0.2) is 0 Å². The van der Waals surface area contributed by atoms with E-state index in [0.717, 1.165) is 10.5 Å². The van der Waals surface area contributed by atoms with Crippen LogP contribution >= 0.6 is 22.7 Å². The molecule has 3 aromatic heterocycles. The van der Waals surface area contributed by atoms with Crippen molar-refractivity contribution in [2.45, 2.75) is 0 Å². The van der Waals surface area contributed by atoms with Gasteiger partial charge in [-0.15, -0.1) is 22.7 Å². The lowest BCUT2D eigenvalue weighted by Crippen LogP contribution is -1.96. The highest BCUT2D eigenvalue weighted by Gasteiger charge is 2.18. The standard InChI is InChI=1S/C35H20N2S2/c1-2-10-22-21(9-1)25(17-18-29(22)37-27-14-6-3-11-23(27)24-12-4-7-15-28(24)37)35-36-34-32(39-35)20-19-31-33(34)26-13-5-8-16-30(26)38-31/h1-20H. The summed E-state index contributed by atoms with van der Waals surface area (Å²) in [6, 6.07) is 43.9. The molecule has 39 heavy (non-hydrogen) atoms. The molecule has 6 aromatic carbocycles. The number of fused-ring (bicyclic) bond motifs is 9. The molecule has 9 rings (SSSR count). The highest BCUT2D eigenvalue weighted by atomic mass is 32.1. The van der Waals surface area contributed by atoms with Crippen molar-refractivity contribution in [3.05, 3.63) is 121 Å². The zero-order valence-corrected chi connectivity index (χ0v) is 22.4. The Labute approximate surface area is 232 Å². The van der Waals surface area contributed by atoms with Crippen LogP contribution in [0.5, 0.6) is 0 Å². The highest BCUT2D eigenvalue weighted by Crippen LogP contribution is 2.43. The first-order chi connectivity index (χ1) is 19.3. The fraction of sp³-hybridized carbons (Fsp3) is 0. The van der Waals surface area contributed by atoms with Crippen LogP contribution < -0.4 is 0 Å². The van der Waals surface area contributed by atoms with Gasteiger partial charge in [-0.3, -0.25) is 0 Å². The van der Waals surface area contributed by atoms with E-state index in [4.69, 9.17) is 4.98 Å². The third kappa shape index (κ3) is 2.98. The average molecular weight is 533 g/mol. The van der Waals surface area contributed by atoms with Crippen LogP contribution in [0.3, 0.4) is 0 Å². The Morgan fingerprint density at radius 3 is 1.85 bits per heavy atom. The largest absolute Gasteiger partial charge is 0.309 e. The van der Waals surface area contributed by atoms with E-state index in [-0.39, 0.29) is 0 Å². The van der Waals surface area contributed by atoms with E-state index in [9.17, 15) is 0 Å². The summed E-state index contributed by atoms with van der Waals surface area (Å²) in [4.78, 5) is 5.29. The van der Waals surface area contributed by atoms with Gasteiger partial charge in [-0.1, -0.05) is 78.9 Å². The SMILES string of the molecule is c1ccc2c(c1)sc1ccc3sc(-c4ccc(-n5c6ccccc6c6ccccc65)c5ccccc45)nc3c12. The van der Waals surface area contributed by atoms with E-state index in [1.54, 1.807) is 11.3 Å². The molecule has 0 atom stereocenters. The van der Waals surface area contributed by atoms with Crippen LogP contribution in [0.2, 0.25) is 0 Å². The Morgan fingerprint density at radius 2 is 1.08 bits per heavy atom. The number of hydrogen-bond donors (Lipinski definition) is 0. The second-order valence-corrected chi connectivity index (χ2v) is 12.1. The maximum Gasteiger partial charge on any atom is 0.125 e. The number of hydrogen-bond acceptors (Lipinski definition) is 3. The van der Waals surface area contributed by atoms with Gasteiger partial charge < -0.3 is 4.57 Å². The van der Waals surface area contributed by atoms with Crippen molar-refractivity contribution in [3.8, 4) is 16.3 Å². The predicted molar refractivity (Wildman–Crippen MR) is 170 cm³/mol. The maximum atomic E-state index is 5.29. The molecular formula is C35H20N2S2. The van der Waals surface area contributed by atoms with E-state index in [1.165, 1.54) is 68.7 Å². The van der Waals surface area contributed by atoms with Gasteiger partial charge in [0, 0.05) is 41.9 Å². The zero-order chi connectivity index (χ0) is 25.5. The summed E-state index contributed by atoms with van der Waals surface area (Å²) in [7, 11) is 0. The predicted octanol–water partition coefficient (Wildman–Crippen LogP) is 10.6. The molecule has 0 spiro atoms. The summed E-state index contributed by atoms with van der Waals surface area (Å²) in [5.41, 5.74) is 5.94. The van der Waals surface area contributed by atoms with Gasteiger partial charge in [0.25, 0.3) is 0 Å². The first-order valence-corrected chi connectivity index (χ1v) is 14.7. The lowest BCUT2D eigenvalue weighted by atomic mass is 10.0. The highest BCUT2D eigenvalue weighted by molar-refractivity contribution is 7.26. The molecule has 0 fully saturated rings. The number of thiazole rings is 1. The first-order valence-electron chi connectivity index (χ1n) is 13.1. The van der Waals surface area contributed by atoms with E-state index in [2.05, 4.69) is 126 Å². The summed E-state index contributed by atoms with van der Waals surface area (Å²) in [6.07, 6.45) is 0. The van der Waals surface area contributed by atoms with Gasteiger partial charge in [0.05, 0.1) is 26.9 Å². The van der Waals surface area contributed by atoms with E-state index < -0.39 is 0 Å². The van der Waals surface area contributed by atoms with Gasteiger partial charge in [0.1, 0.15) is 5.01 Å². The zero-order valence-electron chi connectivity index (χ0n) is 20.8. The van der Waals surface area contributed by atoms with Crippen molar-refractivity contribution in [1.29, 1.82) is 0 Å². The van der Waals surface area contributed by atoms with Crippen LogP contribution in [-0.4, -0.2) is 9.55 Å². The third-order valence-corrected chi connectivity index (χ3v) is 10.0. The molecule has 0 aliphatic rings. The fourth-order valence-corrected chi connectivity index (χ4v) is 8.29. The molecule has 0 saturated carbocycles. The van der Waals surface area contributed by atoms with Gasteiger partial charge in [-0.05, 0) is 47.9 Å². The molecule has 3 heterocycles. The lowest BCUT2D eigenvalue weighted by molar-refractivity contribution is 1.20. The Balaban J connectivity index is 1.33. The Morgan fingerprint density at radius 1 is 0.462 bits per heavy atom. The van der Waals surface area contributed by atoms with Crippen LogP contribution in [0.4, 0.5) is 0 Å². The molecule has 0 N–H and O–H groups in total. The fourth-order valence-electron chi connectivity index (χ4n) is 6.16. The summed E-state index contributed by atoms with van der Waals surface area (Å²) in [5, 5.41) is 8.65. The minimum Gasteiger partial charge on any atom is -0.309 e. The van der Waals surface area contributed by atoms with Gasteiger partial charge in [-0.25, -0.2) is 4.98 Å². The second kappa shape index (κ2) is 8.00. The van der Waals surface area contributed by atoms with E-state index >= 15 is 0 Å². The molecule has 0 saturated heterocycles. The minimum atomic E-state index is 1.07. The summed E-state index contributed by atoms with van der Waals surface area (Å²) < 4.78 is 6.26. The minimum absolute atomic E-state index is 1.07. The third-order valence-electron chi connectivity index (χ3n) is 7.85. The monoisotopic (exact) mass is 532 g/mol. The van der Waals surface area contributed by atoms with Crippen molar-refractivity contribution >= 4 is 85.6 Å². The van der Waals surface area contributed by atoms with Crippen LogP contribution in [0.1, 0.15) is 0 Å². The van der Waals surface area contributed by atoms with E-state index in [1.807, 2.05) is 11.3 Å². The molecule has 9 aromatic rings. The molecule has 2 nitrogen and oxygen atoms in total. The molecule has 0 bridgehead atoms. The number of aromatic nitrogens is 2. The lowest BCUT2D eigenvalue weighted by Gasteiger charge is -2.13. The van der Waals surface area contributed by atoms with Gasteiger partial charge in [-0.2, -0.15) is 0 Å². The van der Waals surface area contributed by atoms with Crippen molar-refractivity contribution in [1.82, 2.24) is 9.55 Å². The average Bonchev–Trinajstić information content (AvgIpc) is 3.68. The van der Waals surface area contributed by atoms with Crippen molar-refractivity contribution < 1.29 is 0 Å². The summed E-state index contributed by atoms with van der Waals surface area (Å²) >= 11 is 3.64. The molecule has 4 heteroatoms. The molecule has 0 radical (unpaired) electrons. The molecule has 0 aliphatic heterocycles. The number of rotatable bonds is 2. The normalized spacial score (nSPS) is 12.1. The van der Waals surface area contributed by atoms with Crippen LogP contribution in [0, 0.1) is 0 Å². The smallest absolute Gasteiger partial charge is 0.125 e. The Hall–Kier alpha value is -4.51. The summed E-state index contributed by atoms with van der Waals surface area (Å²) in [6.45, 7) is 0. The number of thiophene rings is 1. The van der Waals surface area contributed by atoms with Crippen LogP contribution in [0.25, 0.3) is 79.2 Å². The van der Waals surface area contributed by atoms with Crippen molar-refractivity contribution in [2.24, 2.45) is 0 Å². The summed E-state index contributed by atoms with van der Waals surface area (Å²) in [5.74, 6) is 0. The van der Waals surface area contributed by atoms with Crippen molar-refractivity contribution in [3.63, 3.8) is 0 Å². The van der Waals surface area contributed by atoms with Crippen LogP contribution in [0.15, 0.2) is 121 Å². The molecular weight excluding hydrogens is 513 g/mol. The van der Waals surface area contributed by atoms with E-state index in [0.29, 0.717) is 0 Å². The Bertz CT molecular complexity index is 2350. The van der Waals surface area contributed by atoms with Crippen molar-refractivity contribution in [2.75, 3.05) is 0 Å². The first kappa shape index (κ1) is 21.4. The topological polar surface area (TPSA) is 17.8 Å². The maximum absolute atomic E-state index is 5.29. The molecule has 0 amide bonds. The number of benzene rings is 6.